The Morgan fingerprint density at radius 3 is 2.41 bits per heavy atom. The number of methoxy groups -OCH3 is 1. The van der Waals surface area contributed by atoms with Crippen LogP contribution < -0.4 is 15.2 Å². The van der Waals surface area contributed by atoms with E-state index in [9.17, 15) is 13.2 Å². The number of benzene rings is 2. The number of carbonyl (C=O) groups excluding carboxylic acids is 1. The smallest absolute Gasteiger partial charge is 0.238 e. The number of para-hydroxylation sites is 1. The van der Waals surface area contributed by atoms with Crippen LogP contribution in [0.5, 0.6) is 5.75 Å². The number of likely N-dealkylation sites (tertiary alicyclic amines) is 1. The van der Waals surface area contributed by atoms with Crippen LogP contribution in [-0.2, 0) is 27.8 Å². The highest BCUT2D eigenvalue weighted by Crippen LogP contribution is 2.21. The van der Waals surface area contributed by atoms with E-state index in [-0.39, 0.29) is 23.3 Å². The van der Waals surface area contributed by atoms with Gasteiger partial charge in [0.1, 0.15) is 5.75 Å². The topological polar surface area (TPSA) is 102 Å². The number of hydrogen-bond donors (Lipinski definition) is 2. The van der Waals surface area contributed by atoms with Gasteiger partial charge in [-0.15, -0.1) is 0 Å². The minimum atomic E-state index is -3.72. The van der Waals surface area contributed by atoms with Crippen LogP contribution in [0, 0.1) is 0 Å². The molecule has 29 heavy (non-hydrogen) atoms. The van der Waals surface area contributed by atoms with Gasteiger partial charge in [0.25, 0.3) is 0 Å². The van der Waals surface area contributed by atoms with E-state index in [4.69, 9.17) is 9.88 Å². The standard InChI is InChI=1S/C21H27N3O4S/c1-28-20-5-3-2-4-17(20)15-24-12-10-18(11-13-24)23-21(25)14-16-6-8-19(9-7-16)29(22,26)27/h2-9,18H,10-15H2,1H3,(H,23,25)(H2,22,26,27). The minimum Gasteiger partial charge on any atom is -0.496 e. The Morgan fingerprint density at radius 2 is 1.79 bits per heavy atom. The van der Waals surface area contributed by atoms with Crippen LogP contribution in [0.25, 0.3) is 0 Å². The zero-order chi connectivity index (χ0) is 20.9. The van der Waals surface area contributed by atoms with E-state index >= 15 is 0 Å². The van der Waals surface area contributed by atoms with E-state index in [0.717, 1.165) is 43.8 Å². The van der Waals surface area contributed by atoms with E-state index in [0.29, 0.717) is 0 Å². The molecule has 1 heterocycles. The lowest BCUT2D eigenvalue weighted by Crippen LogP contribution is -2.44. The summed E-state index contributed by atoms with van der Waals surface area (Å²) in [7, 11) is -2.03. The van der Waals surface area contributed by atoms with Crippen LogP contribution in [-0.4, -0.2) is 45.5 Å². The predicted octanol–water partition coefficient (Wildman–Crippen LogP) is 1.67. The molecular formula is C21H27N3O4S. The summed E-state index contributed by atoms with van der Waals surface area (Å²) in [6.07, 6.45) is 2.00. The van der Waals surface area contributed by atoms with Crippen molar-refractivity contribution in [3.63, 3.8) is 0 Å². The third-order valence-electron chi connectivity index (χ3n) is 5.16. The van der Waals surface area contributed by atoms with E-state index in [1.165, 1.54) is 17.7 Å². The summed E-state index contributed by atoms with van der Waals surface area (Å²) in [5.74, 6) is 0.841. The maximum atomic E-state index is 12.3. The van der Waals surface area contributed by atoms with Crippen LogP contribution in [0.4, 0.5) is 0 Å². The van der Waals surface area contributed by atoms with Crippen molar-refractivity contribution in [3.8, 4) is 5.75 Å². The van der Waals surface area contributed by atoms with Gasteiger partial charge in [0, 0.05) is 31.2 Å². The molecule has 3 rings (SSSR count). The molecule has 0 unspecified atom stereocenters. The van der Waals surface area contributed by atoms with Crippen molar-refractivity contribution < 1.29 is 17.9 Å². The molecule has 1 aliphatic rings. The number of hydrogen-bond acceptors (Lipinski definition) is 5. The number of nitrogens with two attached hydrogens (primary N) is 1. The third kappa shape index (κ3) is 6.03. The highest BCUT2D eigenvalue weighted by Gasteiger charge is 2.21. The monoisotopic (exact) mass is 417 g/mol. The molecule has 7 nitrogen and oxygen atoms in total. The SMILES string of the molecule is COc1ccccc1CN1CCC(NC(=O)Cc2ccc(S(N)(=O)=O)cc2)CC1. The Labute approximate surface area is 171 Å². The molecule has 1 aliphatic heterocycles. The zero-order valence-corrected chi connectivity index (χ0v) is 17.3. The fourth-order valence-electron chi connectivity index (χ4n) is 3.57. The summed E-state index contributed by atoms with van der Waals surface area (Å²) < 4.78 is 28.0. The second-order valence-electron chi connectivity index (χ2n) is 7.30. The molecular weight excluding hydrogens is 390 g/mol. The first kappa shape index (κ1) is 21.3. The lowest BCUT2D eigenvalue weighted by molar-refractivity contribution is -0.121. The van der Waals surface area contributed by atoms with Crippen molar-refractivity contribution in [3.05, 3.63) is 59.7 Å². The Kier molecular flexibility index (Phi) is 6.89. The minimum absolute atomic E-state index is 0.0454. The quantitative estimate of drug-likeness (QED) is 0.714. The van der Waals surface area contributed by atoms with Crippen molar-refractivity contribution in [2.45, 2.75) is 36.7 Å². The third-order valence-corrected chi connectivity index (χ3v) is 6.08. The lowest BCUT2D eigenvalue weighted by atomic mass is 10.0. The Morgan fingerprint density at radius 1 is 1.14 bits per heavy atom. The van der Waals surface area contributed by atoms with Gasteiger partial charge < -0.3 is 10.1 Å². The number of amides is 1. The Bertz CT molecular complexity index is 937. The first-order valence-electron chi connectivity index (χ1n) is 9.60. The molecule has 1 fully saturated rings. The molecule has 0 saturated carbocycles. The number of primary sulfonamides is 1. The van der Waals surface area contributed by atoms with Crippen LogP contribution in [0.3, 0.4) is 0 Å². The van der Waals surface area contributed by atoms with Crippen LogP contribution in [0.2, 0.25) is 0 Å². The van der Waals surface area contributed by atoms with E-state index in [2.05, 4.69) is 16.3 Å². The molecule has 0 bridgehead atoms. The molecule has 2 aromatic rings. The average Bonchev–Trinajstić information content (AvgIpc) is 2.69. The van der Waals surface area contributed by atoms with Gasteiger partial charge in [-0.3, -0.25) is 9.69 Å². The largest absolute Gasteiger partial charge is 0.496 e. The predicted molar refractivity (Wildman–Crippen MR) is 111 cm³/mol. The Balaban J connectivity index is 1.46. The van der Waals surface area contributed by atoms with Gasteiger partial charge in [0.15, 0.2) is 0 Å². The number of sulfonamides is 1. The van der Waals surface area contributed by atoms with Gasteiger partial charge in [-0.05, 0) is 36.6 Å². The van der Waals surface area contributed by atoms with Gasteiger partial charge in [0.05, 0.1) is 18.4 Å². The molecule has 0 atom stereocenters. The van der Waals surface area contributed by atoms with Gasteiger partial charge in [-0.2, -0.15) is 0 Å². The van der Waals surface area contributed by atoms with E-state index in [1.807, 2.05) is 18.2 Å². The van der Waals surface area contributed by atoms with Crippen molar-refractivity contribution in [2.24, 2.45) is 5.14 Å². The molecule has 156 valence electrons. The molecule has 1 saturated heterocycles. The number of nitrogens with one attached hydrogen (secondary N) is 1. The molecule has 2 aromatic carbocycles. The number of piperidine rings is 1. The summed E-state index contributed by atoms with van der Waals surface area (Å²) in [5.41, 5.74) is 1.92. The lowest BCUT2D eigenvalue weighted by Gasteiger charge is -2.32. The molecule has 3 N–H and O–H groups in total. The summed E-state index contributed by atoms with van der Waals surface area (Å²) >= 11 is 0. The molecule has 1 amide bonds. The second-order valence-corrected chi connectivity index (χ2v) is 8.86. The fraction of sp³-hybridized carbons (Fsp3) is 0.381. The van der Waals surface area contributed by atoms with Crippen molar-refractivity contribution in [1.29, 1.82) is 0 Å². The summed E-state index contributed by atoms with van der Waals surface area (Å²) in [4.78, 5) is 14.7. The normalized spacial score (nSPS) is 15.8. The van der Waals surface area contributed by atoms with Gasteiger partial charge in [-0.25, -0.2) is 13.6 Å². The zero-order valence-electron chi connectivity index (χ0n) is 16.5. The highest BCUT2D eigenvalue weighted by atomic mass is 32.2. The molecule has 8 heteroatoms. The molecule has 0 aliphatic carbocycles. The molecule has 0 spiro atoms. The number of ether oxygens (including phenoxy) is 1. The van der Waals surface area contributed by atoms with Crippen molar-refractivity contribution in [2.75, 3.05) is 20.2 Å². The van der Waals surface area contributed by atoms with Crippen LogP contribution in [0.1, 0.15) is 24.0 Å². The average molecular weight is 418 g/mol. The first-order valence-corrected chi connectivity index (χ1v) is 11.1. The van der Waals surface area contributed by atoms with Gasteiger partial charge in [0.2, 0.25) is 15.9 Å². The number of carbonyl (C=O) groups is 1. The van der Waals surface area contributed by atoms with Crippen molar-refractivity contribution in [1.82, 2.24) is 10.2 Å². The van der Waals surface area contributed by atoms with Crippen LogP contribution in [0.15, 0.2) is 53.4 Å². The Hall–Kier alpha value is -2.42. The maximum absolute atomic E-state index is 12.3. The number of nitrogens with zero attached hydrogens (tertiary/aromatic N) is 1. The summed E-state index contributed by atoms with van der Waals surface area (Å²) in [6.45, 7) is 2.65. The molecule has 0 aromatic heterocycles. The van der Waals surface area contributed by atoms with Crippen LogP contribution >= 0.6 is 0 Å². The van der Waals surface area contributed by atoms with Gasteiger partial charge in [-0.1, -0.05) is 30.3 Å². The second kappa shape index (κ2) is 9.39. The highest BCUT2D eigenvalue weighted by molar-refractivity contribution is 7.89. The first-order chi connectivity index (χ1) is 13.8. The molecule has 0 radical (unpaired) electrons. The number of rotatable bonds is 7. The van der Waals surface area contributed by atoms with Gasteiger partial charge >= 0.3 is 0 Å². The van der Waals surface area contributed by atoms with E-state index in [1.54, 1.807) is 19.2 Å². The summed E-state index contributed by atoms with van der Waals surface area (Å²) in [5, 5.41) is 8.18. The maximum Gasteiger partial charge on any atom is 0.238 e. The van der Waals surface area contributed by atoms with E-state index < -0.39 is 10.0 Å². The van der Waals surface area contributed by atoms with Crippen molar-refractivity contribution >= 4 is 15.9 Å². The summed E-state index contributed by atoms with van der Waals surface area (Å²) in [6, 6.07) is 14.3. The fourth-order valence-corrected chi connectivity index (χ4v) is 4.09.